The second-order valence-corrected chi connectivity index (χ2v) is 8.34. The molecule has 1 heterocycles. The van der Waals surface area contributed by atoms with Gasteiger partial charge in [-0.2, -0.15) is 0 Å². The molecule has 1 fully saturated rings. The van der Waals surface area contributed by atoms with Crippen LogP contribution in [0.3, 0.4) is 0 Å². The molecule has 1 radical (unpaired) electrons. The molecule has 1 aliphatic rings. The van der Waals surface area contributed by atoms with Gasteiger partial charge in [-0.15, -0.1) is 3.71 Å². The summed E-state index contributed by atoms with van der Waals surface area (Å²) in [6.07, 6.45) is 3.41. The van der Waals surface area contributed by atoms with Crippen LogP contribution in [0, 0.1) is 0 Å². The first-order valence-corrected chi connectivity index (χ1v) is 8.91. The zero-order valence-electron chi connectivity index (χ0n) is 10.5. The van der Waals surface area contributed by atoms with E-state index in [1.54, 1.807) is 13.8 Å². The summed E-state index contributed by atoms with van der Waals surface area (Å²) in [5, 5.41) is 0. The summed E-state index contributed by atoms with van der Waals surface area (Å²) >= 11 is 0. The molecule has 17 heavy (non-hydrogen) atoms. The van der Waals surface area contributed by atoms with Crippen molar-refractivity contribution in [3.63, 3.8) is 0 Å². The lowest BCUT2D eigenvalue weighted by atomic mass is 9.49. The fourth-order valence-electron chi connectivity index (χ4n) is 1.87. The summed E-state index contributed by atoms with van der Waals surface area (Å²) in [4.78, 5) is 0. The standard InChI is InChI=1S/C8H18B2NO4S2/c1-4-6-7-10-9-16(12,13)11(8(3)5-2)17(10,14)15/h8H,4-7H2,1-3H3. The third-order valence-corrected chi connectivity index (χ3v) is 7.95. The summed E-state index contributed by atoms with van der Waals surface area (Å²) in [5.74, 6) is -0.874. The summed E-state index contributed by atoms with van der Waals surface area (Å²) < 4.78 is 48.6. The van der Waals surface area contributed by atoms with Gasteiger partial charge in [-0.05, 0) is 13.3 Å². The summed E-state index contributed by atoms with van der Waals surface area (Å²) in [5.41, 5.74) is 0. The molecule has 0 spiro atoms. The molecule has 0 amide bonds. The maximum Gasteiger partial charge on any atom is 0.294 e. The Bertz CT molecular complexity index is 462. The van der Waals surface area contributed by atoms with E-state index in [9.17, 15) is 16.8 Å². The predicted molar refractivity (Wildman–Crippen MR) is 70.7 cm³/mol. The fraction of sp³-hybridized carbons (Fsp3) is 1.00. The van der Waals surface area contributed by atoms with E-state index in [-0.39, 0.29) is 0 Å². The first-order valence-electron chi connectivity index (χ1n) is 5.90. The molecule has 1 rings (SSSR count). The molecule has 0 bridgehead atoms. The maximum absolute atomic E-state index is 12.1. The average molecular weight is 278 g/mol. The lowest BCUT2D eigenvalue weighted by Gasteiger charge is -2.22. The van der Waals surface area contributed by atoms with Gasteiger partial charge in [0.15, 0.2) is 19.7 Å². The van der Waals surface area contributed by atoms with Crippen LogP contribution < -0.4 is 0 Å². The van der Waals surface area contributed by atoms with Crippen LogP contribution in [0.25, 0.3) is 0 Å². The van der Waals surface area contributed by atoms with Gasteiger partial charge in [0.25, 0.3) is 12.3 Å². The van der Waals surface area contributed by atoms with Crippen molar-refractivity contribution in [2.75, 3.05) is 0 Å². The second-order valence-electron chi connectivity index (χ2n) is 4.39. The van der Waals surface area contributed by atoms with Crippen LogP contribution in [0.5, 0.6) is 0 Å². The lowest BCUT2D eigenvalue weighted by molar-refractivity contribution is 0.448. The Hall–Kier alpha value is -0.0101. The topological polar surface area (TPSA) is 71.5 Å². The average Bonchev–Trinajstić information content (AvgIpc) is 2.40. The minimum absolute atomic E-state index is 0.380. The zero-order valence-corrected chi connectivity index (χ0v) is 12.1. The molecule has 0 aliphatic carbocycles. The Balaban J connectivity index is 3.07. The van der Waals surface area contributed by atoms with Gasteiger partial charge in [0.2, 0.25) is 0 Å². The molecule has 0 aromatic carbocycles. The zero-order chi connectivity index (χ0) is 13.3. The predicted octanol–water partition coefficient (Wildman–Crippen LogP) is 0.668. The lowest BCUT2D eigenvalue weighted by Crippen LogP contribution is -2.39. The first-order chi connectivity index (χ1) is 7.77. The SMILES string of the molecule is CCCCB1[B]S(=O)(=O)N(C(C)CC)S1(=O)=O. The van der Waals surface area contributed by atoms with Crippen LogP contribution in [-0.2, 0) is 19.7 Å². The van der Waals surface area contributed by atoms with Crippen LogP contribution in [0.2, 0.25) is 6.32 Å². The van der Waals surface area contributed by atoms with E-state index < -0.39 is 31.7 Å². The van der Waals surface area contributed by atoms with Crippen molar-refractivity contribution >= 4 is 32.1 Å². The molecule has 0 saturated carbocycles. The number of unbranched alkanes of at least 4 members (excludes halogenated alkanes) is 1. The Morgan fingerprint density at radius 3 is 2.29 bits per heavy atom. The highest BCUT2D eigenvalue weighted by molar-refractivity contribution is 8.44. The molecular weight excluding hydrogens is 260 g/mol. The molecule has 0 aromatic rings. The monoisotopic (exact) mass is 278 g/mol. The second kappa shape index (κ2) is 5.32. The molecule has 0 N–H and O–H groups in total. The van der Waals surface area contributed by atoms with Crippen molar-refractivity contribution in [2.24, 2.45) is 0 Å². The van der Waals surface area contributed by atoms with E-state index >= 15 is 0 Å². The van der Waals surface area contributed by atoms with Crippen LogP contribution in [0.4, 0.5) is 0 Å². The van der Waals surface area contributed by atoms with Crippen LogP contribution in [0.15, 0.2) is 0 Å². The molecule has 1 unspecified atom stereocenters. The minimum atomic E-state index is -3.77. The van der Waals surface area contributed by atoms with Crippen molar-refractivity contribution in [1.82, 2.24) is 3.71 Å². The quantitative estimate of drug-likeness (QED) is 0.693. The van der Waals surface area contributed by atoms with Gasteiger partial charge in [0.05, 0.1) is 0 Å². The Labute approximate surface area is 105 Å². The summed E-state index contributed by atoms with van der Waals surface area (Å²) in [6.45, 7) is 5.34. The molecule has 1 aliphatic heterocycles. The van der Waals surface area contributed by atoms with Crippen molar-refractivity contribution in [3.05, 3.63) is 0 Å². The van der Waals surface area contributed by atoms with Crippen LogP contribution >= 0.6 is 0 Å². The Morgan fingerprint density at radius 1 is 1.24 bits per heavy atom. The Morgan fingerprint density at radius 2 is 1.82 bits per heavy atom. The van der Waals surface area contributed by atoms with Gasteiger partial charge in [0.1, 0.15) is 0 Å². The van der Waals surface area contributed by atoms with Crippen molar-refractivity contribution in [1.29, 1.82) is 0 Å². The Kier molecular flexibility index (Phi) is 4.71. The first kappa shape index (κ1) is 15.0. The highest BCUT2D eigenvalue weighted by atomic mass is 32.3. The van der Waals surface area contributed by atoms with Crippen molar-refractivity contribution < 1.29 is 16.8 Å². The van der Waals surface area contributed by atoms with Crippen molar-refractivity contribution in [3.8, 4) is 0 Å². The van der Waals surface area contributed by atoms with Crippen molar-refractivity contribution in [2.45, 2.75) is 52.4 Å². The smallest absolute Gasteiger partial charge is 0.226 e. The maximum atomic E-state index is 12.1. The summed E-state index contributed by atoms with van der Waals surface area (Å²) in [6, 6.07) is -0.507. The number of hydrogen-bond donors (Lipinski definition) is 0. The number of hydrogen-bond acceptors (Lipinski definition) is 4. The molecule has 1 atom stereocenters. The van der Waals surface area contributed by atoms with Gasteiger partial charge in [0, 0.05) is 6.04 Å². The van der Waals surface area contributed by atoms with E-state index in [0.717, 1.165) is 12.9 Å². The van der Waals surface area contributed by atoms with E-state index in [1.807, 2.05) is 6.92 Å². The van der Waals surface area contributed by atoms with E-state index in [2.05, 4.69) is 0 Å². The molecule has 97 valence electrons. The normalized spacial score (nSPS) is 24.5. The van der Waals surface area contributed by atoms with E-state index in [4.69, 9.17) is 0 Å². The highest BCUT2D eigenvalue weighted by Crippen LogP contribution is 2.27. The minimum Gasteiger partial charge on any atom is -0.226 e. The van der Waals surface area contributed by atoms with Gasteiger partial charge in [-0.3, -0.25) is 0 Å². The largest absolute Gasteiger partial charge is 0.294 e. The fourth-order valence-corrected chi connectivity index (χ4v) is 7.17. The molecule has 0 aromatic heterocycles. The van der Waals surface area contributed by atoms with E-state index in [1.165, 1.54) is 0 Å². The summed E-state index contributed by atoms with van der Waals surface area (Å²) in [7, 11) is -7.49. The van der Waals surface area contributed by atoms with Crippen LogP contribution in [-0.4, -0.2) is 38.9 Å². The van der Waals surface area contributed by atoms with E-state index in [0.29, 0.717) is 22.9 Å². The van der Waals surface area contributed by atoms with Gasteiger partial charge in [-0.1, -0.05) is 33.0 Å². The molecule has 1 saturated heterocycles. The van der Waals surface area contributed by atoms with Gasteiger partial charge < -0.3 is 0 Å². The molecule has 5 nitrogen and oxygen atoms in total. The van der Waals surface area contributed by atoms with Gasteiger partial charge >= 0.3 is 0 Å². The molecular formula is C8H18B2NO4S2. The third-order valence-electron chi connectivity index (χ3n) is 3.00. The third kappa shape index (κ3) is 2.88. The molecule has 9 heteroatoms. The van der Waals surface area contributed by atoms with Gasteiger partial charge in [-0.25, -0.2) is 16.8 Å². The number of rotatable bonds is 5. The highest BCUT2D eigenvalue weighted by Gasteiger charge is 2.54. The van der Waals surface area contributed by atoms with Crippen LogP contribution in [0.1, 0.15) is 40.0 Å². The number of nitrogens with zero attached hydrogens (tertiary/aromatic N) is 1.